The van der Waals surface area contributed by atoms with Crippen molar-refractivity contribution in [1.29, 1.82) is 0 Å². The number of sulfone groups is 1. The average molecular weight is 322 g/mol. The van der Waals surface area contributed by atoms with Gasteiger partial charge in [-0.05, 0) is 38.9 Å². The van der Waals surface area contributed by atoms with Gasteiger partial charge in [0.15, 0.2) is 5.96 Å². The molecular formula is C13H27N3O2S2. The predicted octanol–water partition coefficient (Wildman–Crippen LogP) is 1.26. The van der Waals surface area contributed by atoms with Gasteiger partial charge in [-0.15, -0.1) is 0 Å². The van der Waals surface area contributed by atoms with E-state index >= 15 is 0 Å². The van der Waals surface area contributed by atoms with Crippen LogP contribution in [0, 0.1) is 0 Å². The molecule has 0 aromatic carbocycles. The van der Waals surface area contributed by atoms with Gasteiger partial charge in [0.2, 0.25) is 0 Å². The van der Waals surface area contributed by atoms with E-state index < -0.39 is 9.84 Å². The number of aliphatic imine (C=N–C) groups is 1. The lowest BCUT2D eigenvalue weighted by Gasteiger charge is -2.21. The maximum atomic E-state index is 11.1. The third kappa shape index (κ3) is 7.38. The van der Waals surface area contributed by atoms with Crippen LogP contribution in [0.3, 0.4) is 0 Å². The van der Waals surface area contributed by atoms with Crippen LogP contribution in [0.4, 0.5) is 0 Å². The fraction of sp³-hybridized carbons (Fsp3) is 0.923. The summed E-state index contributed by atoms with van der Waals surface area (Å²) in [6.45, 7) is 6.53. The monoisotopic (exact) mass is 321 g/mol. The van der Waals surface area contributed by atoms with Crippen LogP contribution in [0.5, 0.6) is 0 Å². The third-order valence-electron chi connectivity index (χ3n) is 3.20. The third-order valence-corrected chi connectivity index (χ3v) is 5.75. The summed E-state index contributed by atoms with van der Waals surface area (Å²) in [5.41, 5.74) is 0. The summed E-state index contributed by atoms with van der Waals surface area (Å²) in [5, 5.41) is 6.40. The number of guanidine groups is 1. The molecule has 0 aromatic rings. The lowest BCUT2D eigenvalue weighted by molar-refractivity contribution is 0.597. The highest BCUT2D eigenvalue weighted by atomic mass is 32.2. The van der Waals surface area contributed by atoms with E-state index in [4.69, 9.17) is 0 Å². The number of hydrogen-bond acceptors (Lipinski definition) is 4. The Morgan fingerprint density at radius 3 is 2.70 bits per heavy atom. The van der Waals surface area contributed by atoms with E-state index in [1.807, 2.05) is 18.7 Å². The predicted molar refractivity (Wildman–Crippen MR) is 88.4 cm³/mol. The zero-order chi connectivity index (χ0) is 15.1. The minimum atomic E-state index is -2.87. The smallest absolute Gasteiger partial charge is 0.191 e. The molecule has 0 aromatic heterocycles. The second-order valence-corrected chi connectivity index (χ2v) is 9.45. The lowest BCUT2D eigenvalue weighted by Crippen LogP contribution is -2.39. The summed E-state index contributed by atoms with van der Waals surface area (Å²) in [7, 11) is -2.87. The van der Waals surface area contributed by atoms with Crippen LogP contribution in [0.25, 0.3) is 0 Å². The molecule has 0 amide bonds. The molecule has 118 valence electrons. The molecule has 1 aliphatic rings. The molecule has 20 heavy (non-hydrogen) atoms. The zero-order valence-corrected chi connectivity index (χ0v) is 14.4. The summed E-state index contributed by atoms with van der Waals surface area (Å²) < 4.78 is 22.4. The molecule has 0 radical (unpaired) electrons. The van der Waals surface area contributed by atoms with Crippen LogP contribution in [0.1, 0.15) is 33.1 Å². The van der Waals surface area contributed by atoms with Crippen molar-refractivity contribution >= 4 is 27.6 Å². The summed E-state index contributed by atoms with van der Waals surface area (Å²) in [6.07, 6.45) is 4.36. The number of hydrogen-bond donors (Lipinski definition) is 2. The highest BCUT2D eigenvalue weighted by molar-refractivity contribution is 8.00. The first-order chi connectivity index (χ1) is 9.35. The van der Waals surface area contributed by atoms with Gasteiger partial charge in [-0.1, -0.05) is 0 Å². The SMILES string of the molecule is CCNC(=NCC1(C)CCCS1)NCCCS(C)(=O)=O. The van der Waals surface area contributed by atoms with E-state index in [1.54, 1.807) is 0 Å². The molecule has 0 spiro atoms. The van der Waals surface area contributed by atoms with Crippen LogP contribution >= 0.6 is 11.8 Å². The molecule has 1 unspecified atom stereocenters. The Hall–Kier alpha value is -0.430. The van der Waals surface area contributed by atoms with Crippen molar-refractivity contribution in [1.82, 2.24) is 10.6 Å². The van der Waals surface area contributed by atoms with Crippen molar-refractivity contribution in [3.05, 3.63) is 0 Å². The Morgan fingerprint density at radius 1 is 1.40 bits per heavy atom. The molecule has 1 rings (SSSR count). The maximum Gasteiger partial charge on any atom is 0.191 e. The number of nitrogens with zero attached hydrogens (tertiary/aromatic N) is 1. The maximum absolute atomic E-state index is 11.1. The molecule has 1 atom stereocenters. The van der Waals surface area contributed by atoms with Gasteiger partial charge >= 0.3 is 0 Å². The number of rotatable bonds is 7. The molecule has 1 saturated heterocycles. The normalized spacial score (nSPS) is 23.9. The van der Waals surface area contributed by atoms with E-state index in [9.17, 15) is 8.42 Å². The van der Waals surface area contributed by atoms with E-state index in [0.717, 1.165) is 19.0 Å². The fourth-order valence-electron chi connectivity index (χ4n) is 2.09. The van der Waals surface area contributed by atoms with Crippen LogP contribution in [0.2, 0.25) is 0 Å². The van der Waals surface area contributed by atoms with E-state index in [2.05, 4.69) is 22.5 Å². The van der Waals surface area contributed by atoms with E-state index in [0.29, 0.717) is 13.0 Å². The first-order valence-corrected chi connectivity index (χ1v) is 10.2. The molecule has 2 N–H and O–H groups in total. The van der Waals surface area contributed by atoms with Crippen molar-refractivity contribution in [2.75, 3.05) is 37.4 Å². The molecular weight excluding hydrogens is 294 g/mol. The fourth-order valence-corrected chi connectivity index (χ4v) is 3.99. The highest BCUT2D eigenvalue weighted by Crippen LogP contribution is 2.37. The van der Waals surface area contributed by atoms with E-state index in [1.165, 1.54) is 24.9 Å². The Morgan fingerprint density at radius 2 is 2.15 bits per heavy atom. The first kappa shape index (κ1) is 17.6. The number of thioether (sulfide) groups is 1. The molecule has 5 nitrogen and oxygen atoms in total. The van der Waals surface area contributed by atoms with Gasteiger partial charge in [0.1, 0.15) is 9.84 Å². The largest absolute Gasteiger partial charge is 0.357 e. The zero-order valence-electron chi connectivity index (χ0n) is 12.7. The molecule has 1 aliphatic heterocycles. The van der Waals surface area contributed by atoms with Gasteiger partial charge in [-0.2, -0.15) is 11.8 Å². The van der Waals surface area contributed by atoms with Crippen LogP contribution < -0.4 is 10.6 Å². The summed E-state index contributed by atoms with van der Waals surface area (Å²) >= 11 is 1.99. The average Bonchev–Trinajstić information content (AvgIpc) is 2.78. The standard InChI is InChI=1S/C13H27N3O2S2/c1-4-14-12(15-8-6-10-20(3,17)18)16-11-13(2)7-5-9-19-13/h4-11H2,1-3H3,(H2,14,15,16). The molecule has 0 aliphatic carbocycles. The second-order valence-electron chi connectivity index (χ2n) is 5.51. The lowest BCUT2D eigenvalue weighted by atomic mass is 10.1. The summed E-state index contributed by atoms with van der Waals surface area (Å²) in [4.78, 5) is 4.63. The highest BCUT2D eigenvalue weighted by Gasteiger charge is 2.29. The summed E-state index contributed by atoms with van der Waals surface area (Å²) in [6, 6.07) is 0. The number of nitrogens with one attached hydrogen (secondary N) is 2. The molecule has 0 saturated carbocycles. The Labute approximate surface area is 127 Å². The first-order valence-electron chi connectivity index (χ1n) is 7.18. The van der Waals surface area contributed by atoms with Gasteiger partial charge in [-0.25, -0.2) is 8.42 Å². The molecule has 1 fully saturated rings. The Balaban J connectivity index is 2.38. The topological polar surface area (TPSA) is 70.6 Å². The molecule has 0 bridgehead atoms. The van der Waals surface area contributed by atoms with Crippen LogP contribution in [0.15, 0.2) is 4.99 Å². The quantitative estimate of drug-likeness (QED) is 0.420. The van der Waals surface area contributed by atoms with Crippen LogP contribution in [-0.4, -0.2) is 56.5 Å². The van der Waals surface area contributed by atoms with Gasteiger partial charge in [0.05, 0.1) is 12.3 Å². The van der Waals surface area contributed by atoms with Crippen LogP contribution in [-0.2, 0) is 9.84 Å². The second kappa shape index (κ2) is 8.12. The van der Waals surface area contributed by atoms with Crippen molar-refractivity contribution in [3.63, 3.8) is 0 Å². The minimum Gasteiger partial charge on any atom is -0.357 e. The molecule has 7 heteroatoms. The van der Waals surface area contributed by atoms with Crippen molar-refractivity contribution in [2.24, 2.45) is 4.99 Å². The van der Waals surface area contributed by atoms with Crippen molar-refractivity contribution in [2.45, 2.75) is 37.9 Å². The Kier molecular flexibility index (Phi) is 7.15. The summed E-state index contributed by atoms with van der Waals surface area (Å²) in [5.74, 6) is 2.23. The van der Waals surface area contributed by atoms with Gasteiger partial charge < -0.3 is 10.6 Å². The van der Waals surface area contributed by atoms with E-state index in [-0.39, 0.29) is 10.5 Å². The van der Waals surface area contributed by atoms with Crippen molar-refractivity contribution < 1.29 is 8.42 Å². The Bertz CT molecular complexity index is 415. The van der Waals surface area contributed by atoms with Gasteiger partial charge in [0.25, 0.3) is 0 Å². The molecule has 1 heterocycles. The van der Waals surface area contributed by atoms with Gasteiger partial charge in [0, 0.05) is 24.1 Å². The van der Waals surface area contributed by atoms with Crippen molar-refractivity contribution in [3.8, 4) is 0 Å². The minimum absolute atomic E-state index is 0.215. The van der Waals surface area contributed by atoms with Gasteiger partial charge in [-0.3, -0.25) is 4.99 Å².